The summed E-state index contributed by atoms with van der Waals surface area (Å²) in [5, 5.41) is 7.74. The van der Waals surface area contributed by atoms with Gasteiger partial charge in [0.1, 0.15) is 12.4 Å². The summed E-state index contributed by atoms with van der Waals surface area (Å²) in [5.74, 6) is 2.53. The first-order chi connectivity index (χ1) is 15.0. The van der Waals surface area contributed by atoms with Crippen LogP contribution in [0, 0.1) is 13.8 Å². The van der Waals surface area contributed by atoms with Crippen molar-refractivity contribution in [1.82, 2.24) is 10.5 Å². The number of aryl methyl sites for hydroxylation is 2. The van der Waals surface area contributed by atoms with Crippen LogP contribution >= 0.6 is 23.4 Å². The molecule has 2 aromatic carbocycles. The van der Waals surface area contributed by atoms with E-state index in [0.717, 1.165) is 39.7 Å². The number of nitrogens with zero attached hydrogens (tertiary/aromatic N) is 1. The molecule has 1 N–H and O–H groups in total. The molecule has 6 nitrogen and oxygen atoms in total. The van der Waals surface area contributed by atoms with Crippen LogP contribution in [-0.2, 0) is 6.61 Å². The third-order valence-corrected chi connectivity index (χ3v) is 6.65. The van der Waals surface area contributed by atoms with Crippen LogP contribution in [0.5, 0.6) is 11.5 Å². The Morgan fingerprint density at radius 3 is 2.84 bits per heavy atom. The molecule has 0 saturated carbocycles. The van der Waals surface area contributed by atoms with Gasteiger partial charge in [-0.2, -0.15) is 0 Å². The number of fused-ring (bicyclic) bond motifs is 1. The van der Waals surface area contributed by atoms with Crippen molar-refractivity contribution >= 4 is 29.3 Å². The van der Waals surface area contributed by atoms with Gasteiger partial charge in [-0.15, -0.1) is 11.8 Å². The van der Waals surface area contributed by atoms with E-state index in [0.29, 0.717) is 28.7 Å². The summed E-state index contributed by atoms with van der Waals surface area (Å²) in [5.41, 5.74) is 3.25. The van der Waals surface area contributed by atoms with Gasteiger partial charge in [0, 0.05) is 21.2 Å². The van der Waals surface area contributed by atoms with E-state index in [4.69, 9.17) is 25.6 Å². The third kappa shape index (κ3) is 4.67. The quantitative estimate of drug-likeness (QED) is 0.525. The lowest BCUT2D eigenvalue weighted by Gasteiger charge is -2.26. The minimum atomic E-state index is -0.168. The van der Waals surface area contributed by atoms with Crippen molar-refractivity contribution in [3.63, 3.8) is 0 Å². The van der Waals surface area contributed by atoms with Gasteiger partial charge in [0.2, 0.25) is 0 Å². The van der Waals surface area contributed by atoms with Crippen LogP contribution < -0.4 is 14.8 Å². The van der Waals surface area contributed by atoms with E-state index in [2.05, 4.69) is 10.5 Å². The van der Waals surface area contributed by atoms with E-state index in [9.17, 15) is 4.79 Å². The largest absolute Gasteiger partial charge is 0.493 e. The highest BCUT2D eigenvalue weighted by Gasteiger charge is 2.24. The molecule has 1 atom stereocenters. The normalized spacial score (nSPS) is 15.3. The number of hydrogen-bond acceptors (Lipinski definition) is 6. The lowest BCUT2D eigenvalue weighted by Crippen LogP contribution is -2.30. The van der Waals surface area contributed by atoms with Crippen LogP contribution in [0.2, 0.25) is 5.02 Å². The number of nitrogens with one attached hydrogen (secondary N) is 1. The molecular formula is C23H23ClN2O4S. The zero-order chi connectivity index (χ0) is 22.0. The number of carbonyl (C=O) groups excluding carboxylic acids is 1. The zero-order valence-electron chi connectivity index (χ0n) is 17.5. The molecule has 0 fully saturated rings. The first kappa shape index (κ1) is 21.6. The van der Waals surface area contributed by atoms with Gasteiger partial charge in [-0.25, -0.2) is 0 Å². The van der Waals surface area contributed by atoms with Gasteiger partial charge in [-0.05, 0) is 62.2 Å². The molecule has 0 saturated heterocycles. The van der Waals surface area contributed by atoms with Crippen molar-refractivity contribution in [2.75, 3.05) is 12.9 Å². The van der Waals surface area contributed by atoms with Crippen molar-refractivity contribution in [2.45, 2.75) is 37.8 Å². The molecule has 0 spiro atoms. The standard InChI is InChI=1S/C23H23ClN2O4S/c1-13-18(14(2)30-26-13)12-29-20-6-4-15(10-21(20)28-3)23(27)25-19-8-9-31-22-7-5-16(24)11-17(19)22/h4-7,10-11,19H,8-9,12H2,1-3H3,(H,25,27)/t19-/m0/s1. The van der Waals surface area contributed by atoms with E-state index in [1.165, 1.54) is 0 Å². The molecule has 2 heterocycles. The summed E-state index contributed by atoms with van der Waals surface area (Å²) in [4.78, 5) is 14.1. The molecule has 0 radical (unpaired) electrons. The van der Waals surface area contributed by atoms with Crippen molar-refractivity contribution in [3.05, 3.63) is 69.6 Å². The first-order valence-electron chi connectivity index (χ1n) is 9.92. The van der Waals surface area contributed by atoms with Crippen LogP contribution in [0.15, 0.2) is 45.8 Å². The van der Waals surface area contributed by atoms with Gasteiger partial charge in [0.15, 0.2) is 11.5 Å². The maximum absolute atomic E-state index is 13.0. The number of thioether (sulfide) groups is 1. The SMILES string of the molecule is COc1cc(C(=O)N[C@H]2CCSc3ccc(Cl)cc32)ccc1OCc1c(C)noc1C. The average molecular weight is 459 g/mol. The second kappa shape index (κ2) is 9.24. The highest BCUT2D eigenvalue weighted by atomic mass is 35.5. The van der Waals surface area contributed by atoms with E-state index < -0.39 is 0 Å². The van der Waals surface area contributed by atoms with Crippen molar-refractivity contribution in [3.8, 4) is 11.5 Å². The van der Waals surface area contributed by atoms with Gasteiger partial charge < -0.3 is 19.3 Å². The Kier molecular flexibility index (Phi) is 6.43. The fourth-order valence-electron chi connectivity index (χ4n) is 3.54. The minimum Gasteiger partial charge on any atom is -0.493 e. The van der Waals surface area contributed by atoms with Crippen LogP contribution in [0.3, 0.4) is 0 Å². The Balaban J connectivity index is 1.49. The highest BCUT2D eigenvalue weighted by molar-refractivity contribution is 7.99. The van der Waals surface area contributed by atoms with Crippen LogP contribution in [0.1, 0.15) is 45.4 Å². The molecule has 0 bridgehead atoms. The lowest BCUT2D eigenvalue weighted by atomic mass is 10.0. The number of methoxy groups -OCH3 is 1. The Bertz CT molecular complexity index is 1100. The summed E-state index contributed by atoms with van der Waals surface area (Å²) in [6.07, 6.45) is 0.847. The second-order valence-electron chi connectivity index (χ2n) is 7.30. The molecule has 1 aliphatic heterocycles. The summed E-state index contributed by atoms with van der Waals surface area (Å²) >= 11 is 7.96. The topological polar surface area (TPSA) is 73.6 Å². The lowest BCUT2D eigenvalue weighted by molar-refractivity contribution is 0.0934. The van der Waals surface area contributed by atoms with Gasteiger partial charge >= 0.3 is 0 Å². The Morgan fingerprint density at radius 2 is 2.10 bits per heavy atom. The number of amides is 1. The number of carbonyl (C=O) groups is 1. The Morgan fingerprint density at radius 1 is 1.26 bits per heavy atom. The second-order valence-corrected chi connectivity index (χ2v) is 8.88. The number of hydrogen-bond donors (Lipinski definition) is 1. The monoisotopic (exact) mass is 458 g/mol. The van der Waals surface area contributed by atoms with Crippen LogP contribution in [-0.4, -0.2) is 23.9 Å². The van der Waals surface area contributed by atoms with E-state index in [-0.39, 0.29) is 11.9 Å². The molecule has 1 amide bonds. The van der Waals surface area contributed by atoms with E-state index in [1.54, 1.807) is 37.1 Å². The molecule has 4 rings (SSSR count). The fourth-order valence-corrected chi connectivity index (χ4v) is 4.83. The predicted molar refractivity (Wildman–Crippen MR) is 120 cm³/mol. The molecule has 1 aromatic heterocycles. The Labute approximate surface area is 190 Å². The molecule has 0 aliphatic carbocycles. The molecule has 162 valence electrons. The van der Waals surface area contributed by atoms with E-state index in [1.807, 2.05) is 32.0 Å². The maximum Gasteiger partial charge on any atom is 0.251 e. The molecular weight excluding hydrogens is 436 g/mol. The van der Waals surface area contributed by atoms with E-state index >= 15 is 0 Å². The number of ether oxygens (including phenoxy) is 2. The summed E-state index contributed by atoms with van der Waals surface area (Å²) < 4.78 is 16.5. The highest BCUT2D eigenvalue weighted by Crippen LogP contribution is 2.38. The van der Waals surface area contributed by atoms with Crippen molar-refractivity contribution in [1.29, 1.82) is 0 Å². The van der Waals surface area contributed by atoms with Crippen molar-refractivity contribution < 1.29 is 18.8 Å². The van der Waals surface area contributed by atoms with Gasteiger partial charge in [-0.3, -0.25) is 4.79 Å². The fraction of sp³-hybridized carbons (Fsp3) is 0.304. The number of rotatable bonds is 6. The van der Waals surface area contributed by atoms with Gasteiger partial charge in [0.05, 0.1) is 24.4 Å². The number of benzene rings is 2. The summed E-state index contributed by atoms with van der Waals surface area (Å²) in [7, 11) is 1.55. The molecule has 8 heteroatoms. The van der Waals surface area contributed by atoms with Crippen LogP contribution in [0.25, 0.3) is 0 Å². The summed E-state index contributed by atoms with van der Waals surface area (Å²) in [6, 6.07) is 10.9. The molecule has 31 heavy (non-hydrogen) atoms. The zero-order valence-corrected chi connectivity index (χ0v) is 19.1. The third-order valence-electron chi connectivity index (χ3n) is 5.30. The van der Waals surface area contributed by atoms with Crippen molar-refractivity contribution in [2.24, 2.45) is 0 Å². The van der Waals surface area contributed by atoms with Gasteiger partial charge in [-0.1, -0.05) is 16.8 Å². The summed E-state index contributed by atoms with van der Waals surface area (Å²) in [6.45, 7) is 4.02. The smallest absolute Gasteiger partial charge is 0.251 e. The van der Waals surface area contributed by atoms with Crippen LogP contribution in [0.4, 0.5) is 0 Å². The molecule has 0 unspecified atom stereocenters. The van der Waals surface area contributed by atoms with Gasteiger partial charge in [0.25, 0.3) is 5.91 Å². The number of aromatic nitrogens is 1. The molecule has 3 aromatic rings. The first-order valence-corrected chi connectivity index (χ1v) is 11.3. The average Bonchev–Trinajstić information content (AvgIpc) is 3.09. The predicted octanol–water partition coefficient (Wildman–Crippen LogP) is 5.50. The minimum absolute atomic E-state index is 0.0797. The Hall–Kier alpha value is -2.64. The maximum atomic E-state index is 13.0. The molecule has 1 aliphatic rings. The number of halogens is 1.